The molecule has 0 aliphatic rings. The zero-order valence-electron chi connectivity index (χ0n) is 11.8. The smallest absolute Gasteiger partial charge is 0.230 e. The monoisotopic (exact) mass is 305 g/mol. The molecule has 0 fully saturated rings. The number of carbonyl (C=O) groups is 1. The molecule has 1 aromatic heterocycles. The van der Waals surface area contributed by atoms with Crippen LogP contribution in [-0.2, 0) is 11.2 Å². The highest BCUT2D eigenvalue weighted by atomic mass is 32.2. The van der Waals surface area contributed by atoms with E-state index in [2.05, 4.69) is 42.6 Å². The molecule has 1 N–H and O–H groups in total. The highest BCUT2D eigenvalue weighted by Gasteiger charge is 2.17. The number of hydrogen-bond acceptors (Lipinski definition) is 3. The van der Waals surface area contributed by atoms with Crippen molar-refractivity contribution in [3.63, 3.8) is 0 Å². The lowest BCUT2D eigenvalue weighted by Gasteiger charge is -2.18. The molecule has 1 amide bonds. The van der Waals surface area contributed by atoms with Gasteiger partial charge in [-0.25, -0.2) is 0 Å². The van der Waals surface area contributed by atoms with Crippen LogP contribution in [0, 0.1) is 0 Å². The highest BCUT2D eigenvalue weighted by Crippen LogP contribution is 2.26. The maximum atomic E-state index is 11.9. The van der Waals surface area contributed by atoms with Crippen molar-refractivity contribution in [3.8, 4) is 0 Å². The number of aryl methyl sites for hydroxylation is 1. The third-order valence-corrected chi connectivity index (χ3v) is 4.62. The summed E-state index contributed by atoms with van der Waals surface area (Å²) in [5.41, 5.74) is 2.45. The average Bonchev–Trinajstić information content (AvgIpc) is 2.99. The summed E-state index contributed by atoms with van der Waals surface area (Å²) in [5.74, 6) is 0.574. The van der Waals surface area contributed by atoms with Crippen molar-refractivity contribution in [2.45, 2.75) is 19.4 Å². The summed E-state index contributed by atoms with van der Waals surface area (Å²) in [5, 5.41) is 5.17. The van der Waals surface area contributed by atoms with Crippen molar-refractivity contribution in [2.75, 3.05) is 12.0 Å². The molecule has 0 saturated carbocycles. The van der Waals surface area contributed by atoms with E-state index in [1.54, 1.807) is 23.1 Å². The van der Waals surface area contributed by atoms with Gasteiger partial charge in [0.15, 0.2) is 0 Å². The normalized spacial score (nSPS) is 12.1. The maximum Gasteiger partial charge on any atom is 0.230 e. The third kappa shape index (κ3) is 3.87. The number of amides is 1. The Balaban J connectivity index is 2.23. The highest BCUT2D eigenvalue weighted by molar-refractivity contribution is 7.99. The van der Waals surface area contributed by atoms with E-state index in [9.17, 15) is 4.79 Å². The van der Waals surface area contributed by atoms with Crippen LogP contribution in [0.1, 0.15) is 29.0 Å². The first-order chi connectivity index (χ1) is 9.74. The predicted octanol–water partition coefficient (Wildman–Crippen LogP) is 3.88. The van der Waals surface area contributed by atoms with Gasteiger partial charge in [0.25, 0.3) is 0 Å². The molecule has 1 unspecified atom stereocenters. The van der Waals surface area contributed by atoms with Crippen molar-refractivity contribution in [1.82, 2.24) is 5.32 Å². The molecule has 0 aliphatic heterocycles. The molecule has 4 heteroatoms. The molecule has 0 bridgehead atoms. The Hall–Kier alpha value is -1.26. The number of nitrogens with one attached hydrogen (secondary N) is 1. The lowest BCUT2D eigenvalue weighted by molar-refractivity contribution is -0.119. The first-order valence-corrected chi connectivity index (χ1v) is 8.92. The van der Waals surface area contributed by atoms with E-state index in [0.29, 0.717) is 5.75 Å². The Morgan fingerprint density at radius 2 is 2.05 bits per heavy atom. The van der Waals surface area contributed by atoms with Gasteiger partial charge in [0.1, 0.15) is 0 Å². The van der Waals surface area contributed by atoms with Crippen LogP contribution >= 0.6 is 23.1 Å². The minimum atomic E-state index is -0.0412. The third-order valence-electron chi connectivity index (χ3n) is 3.13. The van der Waals surface area contributed by atoms with Gasteiger partial charge in [-0.3, -0.25) is 4.79 Å². The van der Waals surface area contributed by atoms with Crippen molar-refractivity contribution in [3.05, 3.63) is 57.8 Å². The first kappa shape index (κ1) is 15.1. The molecule has 2 rings (SSSR count). The van der Waals surface area contributed by atoms with Gasteiger partial charge in [0, 0.05) is 4.88 Å². The fourth-order valence-electron chi connectivity index (χ4n) is 2.05. The standard InChI is InChI=1S/C16H19NOS2/c1-3-12-6-8-13(9-7-12)16(14-5-4-10-20-14)17-15(18)11-19-2/h4-10,16H,3,11H2,1-2H3,(H,17,18). The molecule has 2 aromatic rings. The summed E-state index contributed by atoms with van der Waals surface area (Å²) >= 11 is 3.22. The van der Waals surface area contributed by atoms with Crippen molar-refractivity contribution < 1.29 is 4.79 Å². The van der Waals surface area contributed by atoms with E-state index in [-0.39, 0.29) is 11.9 Å². The van der Waals surface area contributed by atoms with E-state index in [4.69, 9.17) is 0 Å². The second-order valence-corrected chi connectivity index (χ2v) is 6.39. The predicted molar refractivity (Wildman–Crippen MR) is 88.5 cm³/mol. The van der Waals surface area contributed by atoms with Crippen LogP contribution in [0.3, 0.4) is 0 Å². The van der Waals surface area contributed by atoms with Crippen LogP contribution in [0.2, 0.25) is 0 Å². The number of thiophene rings is 1. The summed E-state index contributed by atoms with van der Waals surface area (Å²) in [7, 11) is 0. The average molecular weight is 305 g/mol. The van der Waals surface area contributed by atoms with E-state index >= 15 is 0 Å². The molecule has 0 saturated heterocycles. The Morgan fingerprint density at radius 1 is 1.30 bits per heavy atom. The van der Waals surface area contributed by atoms with Crippen molar-refractivity contribution >= 4 is 29.0 Å². The van der Waals surface area contributed by atoms with Crippen molar-refractivity contribution in [2.24, 2.45) is 0 Å². The first-order valence-electron chi connectivity index (χ1n) is 6.65. The van der Waals surface area contributed by atoms with Crippen molar-refractivity contribution in [1.29, 1.82) is 0 Å². The fourth-order valence-corrected chi connectivity index (χ4v) is 3.20. The Kier molecular flexibility index (Phi) is 5.68. The molecule has 1 heterocycles. The largest absolute Gasteiger partial charge is 0.344 e. The summed E-state index contributed by atoms with van der Waals surface area (Å²) in [6, 6.07) is 12.6. The lowest BCUT2D eigenvalue weighted by atomic mass is 10.0. The van der Waals surface area contributed by atoms with E-state index < -0.39 is 0 Å². The second kappa shape index (κ2) is 7.50. The van der Waals surface area contributed by atoms with Crippen LogP contribution in [0.15, 0.2) is 41.8 Å². The minimum absolute atomic E-state index is 0.0412. The minimum Gasteiger partial charge on any atom is -0.344 e. The zero-order chi connectivity index (χ0) is 14.4. The number of thioether (sulfide) groups is 1. The summed E-state index contributed by atoms with van der Waals surface area (Å²) in [4.78, 5) is 13.1. The Labute approximate surface area is 128 Å². The van der Waals surface area contributed by atoms with Crippen LogP contribution in [-0.4, -0.2) is 17.9 Å². The quantitative estimate of drug-likeness (QED) is 0.877. The number of benzene rings is 1. The molecule has 0 radical (unpaired) electrons. The Bertz CT molecular complexity index is 534. The van der Waals surface area contributed by atoms with Crippen LogP contribution in [0.5, 0.6) is 0 Å². The molecule has 0 spiro atoms. The summed E-state index contributed by atoms with van der Waals surface area (Å²) in [6.07, 6.45) is 2.97. The molecule has 1 atom stereocenters. The molecule has 2 nitrogen and oxygen atoms in total. The van der Waals surface area contributed by atoms with E-state index in [1.165, 1.54) is 10.4 Å². The van der Waals surface area contributed by atoms with E-state index in [0.717, 1.165) is 12.0 Å². The lowest BCUT2D eigenvalue weighted by Crippen LogP contribution is -2.30. The molecular weight excluding hydrogens is 286 g/mol. The topological polar surface area (TPSA) is 29.1 Å². The fraction of sp³-hybridized carbons (Fsp3) is 0.312. The van der Waals surface area contributed by atoms with Gasteiger partial charge in [-0.2, -0.15) is 11.8 Å². The van der Waals surface area contributed by atoms with Gasteiger partial charge in [-0.05, 0) is 35.2 Å². The molecule has 1 aromatic carbocycles. The number of carbonyl (C=O) groups excluding carboxylic acids is 1. The van der Waals surface area contributed by atoms with Gasteiger partial charge >= 0.3 is 0 Å². The number of hydrogen-bond donors (Lipinski definition) is 1. The summed E-state index contributed by atoms with van der Waals surface area (Å²) < 4.78 is 0. The second-order valence-electron chi connectivity index (χ2n) is 4.54. The molecule has 20 heavy (non-hydrogen) atoms. The molecule has 0 aliphatic carbocycles. The molecule has 106 valence electrons. The van der Waals surface area contributed by atoms with Gasteiger partial charge in [0.2, 0.25) is 5.91 Å². The maximum absolute atomic E-state index is 11.9. The molecular formula is C16H19NOS2. The van der Waals surface area contributed by atoms with E-state index in [1.807, 2.05) is 17.7 Å². The summed E-state index contributed by atoms with van der Waals surface area (Å²) in [6.45, 7) is 2.14. The number of rotatable bonds is 6. The van der Waals surface area contributed by atoms with Gasteiger partial charge in [0.05, 0.1) is 11.8 Å². The van der Waals surface area contributed by atoms with Crippen LogP contribution in [0.4, 0.5) is 0 Å². The van der Waals surface area contributed by atoms with Gasteiger partial charge in [-0.1, -0.05) is 37.3 Å². The van der Waals surface area contributed by atoms with Gasteiger partial charge < -0.3 is 5.32 Å². The SMILES string of the molecule is CCc1ccc(C(NC(=O)CSC)c2cccs2)cc1. The van der Waals surface area contributed by atoms with Crippen LogP contribution in [0.25, 0.3) is 0 Å². The van der Waals surface area contributed by atoms with Crippen LogP contribution < -0.4 is 5.32 Å². The van der Waals surface area contributed by atoms with Gasteiger partial charge in [-0.15, -0.1) is 11.3 Å². The zero-order valence-corrected chi connectivity index (χ0v) is 13.4. The Morgan fingerprint density at radius 3 is 2.60 bits per heavy atom.